The first-order valence-electron chi connectivity index (χ1n) is 11.0. The summed E-state index contributed by atoms with van der Waals surface area (Å²) < 4.78 is 25.7. The van der Waals surface area contributed by atoms with Crippen molar-refractivity contribution in [3.63, 3.8) is 0 Å². The van der Waals surface area contributed by atoms with Crippen molar-refractivity contribution < 1.29 is 13.2 Å². The maximum Gasteiger partial charge on any atom is 0.276 e. The summed E-state index contributed by atoms with van der Waals surface area (Å²) in [6.07, 6.45) is 2.71. The summed E-state index contributed by atoms with van der Waals surface area (Å²) in [5, 5.41) is 7.48. The smallest absolute Gasteiger partial charge is 0.276 e. The minimum atomic E-state index is -3.01. The topological polar surface area (TPSA) is 87.5 Å². The Morgan fingerprint density at radius 2 is 1.77 bits per heavy atom. The average molecular weight is 444 g/mol. The van der Waals surface area contributed by atoms with E-state index in [4.69, 9.17) is 0 Å². The van der Waals surface area contributed by atoms with Crippen molar-refractivity contribution in [2.75, 3.05) is 54.9 Å². The van der Waals surface area contributed by atoms with Crippen LogP contribution in [0, 0.1) is 0 Å². The zero-order valence-electron chi connectivity index (χ0n) is 17.8. The first kappa shape index (κ1) is 20.5. The van der Waals surface area contributed by atoms with Crippen molar-refractivity contribution in [3.8, 4) is 0 Å². The Kier molecular flexibility index (Phi) is 5.26. The van der Waals surface area contributed by atoms with Gasteiger partial charge in [-0.1, -0.05) is 0 Å². The fourth-order valence-corrected chi connectivity index (χ4v) is 6.17. The van der Waals surface area contributed by atoms with Crippen molar-refractivity contribution in [1.82, 2.24) is 14.7 Å². The zero-order chi connectivity index (χ0) is 21.6. The number of anilines is 2. The van der Waals surface area contributed by atoms with Crippen LogP contribution in [0.4, 0.5) is 11.4 Å². The number of sulfone groups is 1. The Hall–Kier alpha value is -2.39. The Labute approximate surface area is 183 Å². The molecule has 1 aromatic heterocycles. The number of aromatic nitrogens is 2. The van der Waals surface area contributed by atoms with Crippen LogP contribution in [-0.4, -0.2) is 73.7 Å². The summed E-state index contributed by atoms with van der Waals surface area (Å²) in [5.74, 6) is 0.445. The normalized spacial score (nSPS) is 23.8. The molecular weight excluding hydrogens is 414 g/mol. The molecule has 2 aliphatic heterocycles. The molecule has 1 atom stereocenters. The summed E-state index contributed by atoms with van der Waals surface area (Å²) in [6.45, 7) is 4.10. The second-order valence-electron chi connectivity index (χ2n) is 9.02. The third-order valence-electron chi connectivity index (χ3n) is 6.54. The van der Waals surface area contributed by atoms with Crippen LogP contribution in [0.25, 0.3) is 0 Å². The van der Waals surface area contributed by atoms with Crippen LogP contribution < -0.4 is 10.2 Å². The van der Waals surface area contributed by atoms with Crippen LogP contribution in [-0.2, 0) is 9.84 Å². The van der Waals surface area contributed by atoms with Gasteiger partial charge in [0.2, 0.25) is 0 Å². The van der Waals surface area contributed by atoms with E-state index < -0.39 is 9.84 Å². The van der Waals surface area contributed by atoms with E-state index in [1.165, 1.54) is 0 Å². The number of hydrogen-bond donors (Lipinski definition) is 1. The number of nitrogens with one attached hydrogen (secondary N) is 1. The number of benzene rings is 1. The second kappa shape index (κ2) is 7.94. The molecule has 3 aliphatic rings. The number of nitrogens with zero attached hydrogens (tertiary/aromatic N) is 4. The van der Waals surface area contributed by atoms with Gasteiger partial charge in [-0.2, -0.15) is 5.10 Å². The molecule has 3 fully saturated rings. The van der Waals surface area contributed by atoms with Gasteiger partial charge in [0.1, 0.15) is 0 Å². The highest BCUT2D eigenvalue weighted by Crippen LogP contribution is 2.42. The molecule has 8 nitrogen and oxygen atoms in total. The minimum Gasteiger partial charge on any atom is -0.369 e. The molecular formula is C22H29N5O3S. The molecule has 0 radical (unpaired) electrons. The van der Waals surface area contributed by atoms with E-state index in [1.807, 2.05) is 35.0 Å². The highest BCUT2D eigenvalue weighted by atomic mass is 32.2. The third kappa shape index (κ3) is 4.48. The largest absolute Gasteiger partial charge is 0.369 e. The quantitative estimate of drug-likeness (QED) is 0.762. The first-order chi connectivity index (χ1) is 14.9. The van der Waals surface area contributed by atoms with Crippen LogP contribution in [0.1, 0.15) is 47.4 Å². The lowest BCUT2D eigenvalue weighted by atomic mass is 10.2. The highest BCUT2D eigenvalue weighted by molar-refractivity contribution is 7.91. The Balaban J connectivity index is 1.29. The molecule has 9 heteroatoms. The number of carbonyl (C=O) groups excluding carboxylic acids is 1. The molecule has 1 amide bonds. The van der Waals surface area contributed by atoms with Gasteiger partial charge in [-0.25, -0.2) is 8.42 Å². The summed E-state index contributed by atoms with van der Waals surface area (Å²) in [7, 11) is -0.873. The Morgan fingerprint density at radius 3 is 2.39 bits per heavy atom. The zero-order valence-corrected chi connectivity index (χ0v) is 18.6. The fraction of sp³-hybridized carbons (Fsp3) is 0.545. The van der Waals surface area contributed by atoms with Gasteiger partial charge in [-0.15, -0.1) is 0 Å². The maximum atomic E-state index is 12.9. The summed E-state index contributed by atoms with van der Waals surface area (Å²) in [6, 6.07) is 9.61. The van der Waals surface area contributed by atoms with Crippen LogP contribution in [0.2, 0.25) is 0 Å². The number of piperazine rings is 1. The second-order valence-corrected chi connectivity index (χ2v) is 11.3. The molecule has 1 saturated carbocycles. The van der Waals surface area contributed by atoms with Gasteiger partial charge in [0.05, 0.1) is 17.5 Å². The molecule has 31 heavy (non-hydrogen) atoms. The predicted molar refractivity (Wildman–Crippen MR) is 121 cm³/mol. The van der Waals surface area contributed by atoms with Crippen LogP contribution in [0.3, 0.4) is 0 Å². The van der Waals surface area contributed by atoms with Gasteiger partial charge in [-0.05, 0) is 56.6 Å². The van der Waals surface area contributed by atoms with E-state index in [-0.39, 0.29) is 23.5 Å². The lowest BCUT2D eigenvalue weighted by Crippen LogP contribution is -2.44. The summed E-state index contributed by atoms with van der Waals surface area (Å²) >= 11 is 0. The molecule has 1 unspecified atom stereocenters. The van der Waals surface area contributed by atoms with Crippen molar-refractivity contribution in [1.29, 1.82) is 0 Å². The van der Waals surface area contributed by atoms with E-state index in [0.717, 1.165) is 56.1 Å². The monoisotopic (exact) mass is 443 g/mol. The van der Waals surface area contributed by atoms with Crippen LogP contribution >= 0.6 is 0 Å². The van der Waals surface area contributed by atoms with Crippen LogP contribution in [0.15, 0.2) is 30.3 Å². The summed E-state index contributed by atoms with van der Waals surface area (Å²) in [4.78, 5) is 17.5. The van der Waals surface area contributed by atoms with Crippen molar-refractivity contribution in [2.45, 2.75) is 31.2 Å². The number of amides is 1. The lowest BCUT2D eigenvalue weighted by Gasteiger charge is -2.34. The SMILES string of the molecule is CN1CCN(c2ccc(NC(=O)c3cc(C4CC4)n(C4CCS(=O)(=O)C4)n3)cc2)CC1. The highest BCUT2D eigenvalue weighted by Gasteiger charge is 2.36. The fourth-order valence-electron chi connectivity index (χ4n) is 4.48. The van der Waals surface area contributed by atoms with E-state index in [0.29, 0.717) is 18.0 Å². The third-order valence-corrected chi connectivity index (χ3v) is 8.29. The molecule has 1 N–H and O–H groups in total. The molecule has 5 rings (SSSR count). The standard InChI is InChI=1S/C22H29N5O3S/c1-25-9-11-26(12-10-25)18-6-4-17(5-7-18)23-22(28)20-14-21(16-2-3-16)27(24-20)19-8-13-31(29,30)15-19/h4-7,14,16,19H,2-3,8-13,15H2,1H3,(H,23,28). The lowest BCUT2D eigenvalue weighted by molar-refractivity contribution is 0.102. The minimum absolute atomic E-state index is 0.114. The average Bonchev–Trinajstić information content (AvgIpc) is 3.39. The van der Waals surface area contributed by atoms with Gasteiger partial charge in [0.15, 0.2) is 15.5 Å². The van der Waals surface area contributed by atoms with E-state index in [9.17, 15) is 13.2 Å². The molecule has 1 aliphatic carbocycles. The number of likely N-dealkylation sites (N-methyl/N-ethyl adjacent to an activating group) is 1. The van der Waals surface area contributed by atoms with Crippen molar-refractivity contribution in [3.05, 3.63) is 41.7 Å². The molecule has 166 valence electrons. The number of hydrogen-bond acceptors (Lipinski definition) is 6. The van der Waals surface area contributed by atoms with Gasteiger partial charge in [0, 0.05) is 49.2 Å². The Morgan fingerprint density at radius 1 is 1.06 bits per heavy atom. The molecule has 2 saturated heterocycles. The van der Waals surface area contributed by atoms with Gasteiger partial charge in [0.25, 0.3) is 5.91 Å². The number of rotatable bonds is 5. The molecule has 3 heterocycles. The number of carbonyl (C=O) groups is 1. The van der Waals surface area contributed by atoms with Crippen molar-refractivity contribution in [2.24, 2.45) is 0 Å². The van der Waals surface area contributed by atoms with Gasteiger partial charge < -0.3 is 15.1 Å². The molecule has 2 aromatic rings. The van der Waals surface area contributed by atoms with E-state index in [1.54, 1.807) is 0 Å². The van der Waals surface area contributed by atoms with Gasteiger partial charge >= 0.3 is 0 Å². The predicted octanol–water partition coefficient (Wildman–Crippen LogP) is 2.12. The van der Waals surface area contributed by atoms with Crippen LogP contribution in [0.5, 0.6) is 0 Å². The Bertz CT molecular complexity index is 1070. The molecule has 0 bridgehead atoms. The van der Waals surface area contributed by atoms with E-state index in [2.05, 4.69) is 27.3 Å². The van der Waals surface area contributed by atoms with E-state index >= 15 is 0 Å². The summed E-state index contributed by atoms with van der Waals surface area (Å²) in [5.41, 5.74) is 3.25. The first-order valence-corrected chi connectivity index (χ1v) is 12.8. The van der Waals surface area contributed by atoms with Gasteiger partial charge in [-0.3, -0.25) is 9.48 Å². The molecule has 0 spiro atoms. The maximum absolute atomic E-state index is 12.9. The molecule has 1 aromatic carbocycles. The van der Waals surface area contributed by atoms with Crippen molar-refractivity contribution >= 4 is 27.1 Å².